The minimum atomic E-state index is 1.10. The van der Waals surface area contributed by atoms with E-state index in [-0.39, 0.29) is 0 Å². The highest BCUT2D eigenvalue weighted by molar-refractivity contribution is 7.25. The Labute approximate surface area is 319 Å². The van der Waals surface area contributed by atoms with Crippen molar-refractivity contribution in [3.8, 4) is 44.5 Å². The van der Waals surface area contributed by atoms with Crippen molar-refractivity contribution in [3.63, 3.8) is 0 Å². The van der Waals surface area contributed by atoms with Gasteiger partial charge in [-0.15, -0.1) is 11.3 Å². The van der Waals surface area contributed by atoms with E-state index in [2.05, 4.69) is 217 Å². The Bertz CT molecular complexity index is 2860. The van der Waals surface area contributed by atoms with Crippen LogP contribution in [0.15, 0.2) is 212 Å². The van der Waals surface area contributed by atoms with Crippen LogP contribution in [0.3, 0.4) is 0 Å². The maximum absolute atomic E-state index is 2.44. The first-order chi connectivity index (χ1) is 26.8. The highest BCUT2D eigenvalue weighted by atomic mass is 32.1. The van der Waals surface area contributed by atoms with Crippen molar-refractivity contribution < 1.29 is 0 Å². The van der Waals surface area contributed by atoms with Crippen LogP contribution < -0.4 is 4.90 Å². The molecule has 0 N–H and O–H groups in total. The quantitative estimate of drug-likeness (QED) is 0.160. The van der Waals surface area contributed by atoms with Crippen LogP contribution in [0.5, 0.6) is 0 Å². The molecule has 1 aromatic heterocycles. The second-order valence-corrected chi connectivity index (χ2v) is 14.8. The molecule has 10 aromatic rings. The number of nitrogens with zero attached hydrogens (tertiary/aromatic N) is 1. The average molecular weight is 706 g/mol. The zero-order valence-corrected chi connectivity index (χ0v) is 30.4. The van der Waals surface area contributed by atoms with E-state index in [1.807, 2.05) is 11.3 Å². The Balaban J connectivity index is 1.13. The summed E-state index contributed by atoms with van der Waals surface area (Å²) in [5.74, 6) is 0. The van der Waals surface area contributed by atoms with Gasteiger partial charge >= 0.3 is 0 Å². The minimum Gasteiger partial charge on any atom is -0.309 e. The molecule has 0 spiro atoms. The maximum atomic E-state index is 2.44. The molecule has 0 saturated carbocycles. The van der Waals surface area contributed by atoms with Crippen LogP contribution in [0.25, 0.3) is 75.5 Å². The lowest BCUT2D eigenvalue weighted by Crippen LogP contribution is -2.11. The number of rotatable bonds is 7. The summed E-state index contributed by atoms with van der Waals surface area (Å²) < 4.78 is 2.63. The molecule has 0 atom stereocenters. The topological polar surface area (TPSA) is 3.24 Å². The molecular formula is C52H35NS. The first-order valence-corrected chi connectivity index (χ1v) is 19.2. The summed E-state index contributed by atoms with van der Waals surface area (Å²) in [4.78, 5) is 2.44. The molecule has 2 heteroatoms. The summed E-state index contributed by atoms with van der Waals surface area (Å²) >= 11 is 1.86. The van der Waals surface area contributed by atoms with Crippen LogP contribution in [-0.2, 0) is 0 Å². The summed E-state index contributed by atoms with van der Waals surface area (Å²) in [5, 5.41) is 5.04. The number of thiophene rings is 1. The number of hydrogen-bond acceptors (Lipinski definition) is 2. The van der Waals surface area contributed by atoms with Crippen LogP contribution in [0.2, 0.25) is 0 Å². The third kappa shape index (κ3) is 5.84. The van der Waals surface area contributed by atoms with E-state index in [1.165, 1.54) is 75.5 Å². The van der Waals surface area contributed by atoms with Gasteiger partial charge < -0.3 is 4.90 Å². The van der Waals surface area contributed by atoms with Gasteiger partial charge in [-0.3, -0.25) is 0 Å². The van der Waals surface area contributed by atoms with Crippen LogP contribution in [-0.4, -0.2) is 0 Å². The molecular weight excluding hydrogens is 671 g/mol. The summed E-state index contributed by atoms with van der Waals surface area (Å²) in [6, 6.07) is 77.2. The number of anilines is 3. The van der Waals surface area contributed by atoms with Gasteiger partial charge in [-0.05, 0) is 105 Å². The van der Waals surface area contributed by atoms with Crippen molar-refractivity contribution in [1.29, 1.82) is 0 Å². The minimum absolute atomic E-state index is 1.10. The van der Waals surface area contributed by atoms with Crippen molar-refractivity contribution in [2.75, 3.05) is 4.90 Å². The van der Waals surface area contributed by atoms with Crippen molar-refractivity contribution in [2.24, 2.45) is 0 Å². The molecule has 0 aliphatic rings. The third-order valence-corrected chi connectivity index (χ3v) is 11.6. The van der Waals surface area contributed by atoms with Crippen molar-refractivity contribution in [1.82, 2.24) is 0 Å². The molecule has 0 bridgehead atoms. The van der Waals surface area contributed by atoms with E-state index in [1.54, 1.807) is 0 Å². The molecule has 1 heterocycles. The van der Waals surface area contributed by atoms with Gasteiger partial charge in [0.05, 0.1) is 11.4 Å². The molecule has 10 rings (SSSR count). The van der Waals surface area contributed by atoms with Gasteiger partial charge in [0.2, 0.25) is 0 Å². The Hall–Kier alpha value is -6.74. The first-order valence-electron chi connectivity index (χ1n) is 18.4. The van der Waals surface area contributed by atoms with Gasteiger partial charge in [0.15, 0.2) is 0 Å². The SMILES string of the molecule is c1ccc(-c2cc(-c3ccccc3)cc(-c3ccc(N(c4ccccc4-c4ccc5sc6ccccc6c5c4)c4cccc5ccccc45)cc3)c2)cc1. The fraction of sp³-hybridized carbons (Fsp3) is 0. The lowest BCUT2D eigenvalue weighted by atomic mass is 9.93. The molecule has 0 fully saturated rings. The fourth-order valence-electron chi connectivity index (χ4n) is 7.81. The molecule has 0 aliphatic carbocycles. The van der Waals surface area contributed by atoms with Gasteiger partial charge in [-0.25, -0.2) is 0 Å². The maximum Gasteiger partial charge on any atom is 0.0540 e. The Morgan fingerprint density at radius 2 is 0.815 bits per heavy atom. The van der Waals surface area contributed by atoms with Crippen LogP contribution >= 0.6 is 11.3 Å². The predicted octanol–water partition coefficient (Wildman–Crippen LogP) is 15.3. The van der Waals surface area contributed by atoms with Gasteiger partial charge in [-0.1, -0.05) is 152 Å². The molecule has 1 nitrogen and oxygen atoms in total. The molecule has 0 amide bonds. The van der Waals surface area contributed by atoms with Gasteiger partial charge in [0.25, 0.3) is 0 Å². The first kappa shape index (κ1) is 32.0. The molecule has 0 radical (unpaired) electrons. The average Bonchev–Trinajstić information content (AvgIpc) is 3.63. The molecule has 0 saturated heterocycles. The van der Waals surface area contributed by atoms with Crippen molar-refractivity contribution >= 4 is 59.3 Å². The third-order valence-electron chi connectivity index (χ3n) is 10.4. The lowest BCUT2D eigenvalue weighted by molar-refractivity contribution is 1.30. The van der Waals surface area contributed by atoms with E-state index in [9.17, 15) is 0 Å². The highest BCUT2D eigenvalue weighted by Gasteiger charge is 2.20. The Morgan fingerprint density at radius 3 is 1.54 bits per heavy atom. The number of hydrogen-bond donors (Lipinski definition) is 0. The van der Waals surface area contributed by atoms with Crippen molar-refractivity contribution in [3.05, 3.63) is 212 Å². The monoisotopic (exact) mass is 705 g/mol. The van der Waals surface area contributed by atoms with Crippen LogP contribution in [0.4, 0.5) is 17.1 Å². The standard InChI is InChI=1S/C52H35NS/c1-3-14-36(15-4-1)41-32-42(37-16-5-2-6-17-37)34-43(33-41)38-26-29-44(30-27-38)53(50-24-13-19-39-18-7-8-20-45(39)50)49-23-11-9-21-46(49)40-28-31-52-48(35-40)47-22-10-12-25-51(47)54-52/h1-35H. The Kier molecular flexibility index (Phi) is 8.09. The largest absolute Gasteiger partial charge is 0.309 e. The summed E-state index contributed by atoms with van der Waals surface area (Å²) in [6.07, 6.45) is 0. The summed E-state index contributed by atoms with van der Waals surface area (Å²) in [7, 11) is 0. The summed E-state index contributed by atoms with van der Waals surface area (Å²) in [6.45, 7) is 0. The number of para-hydroxylation sites is 1. The van der Waals surface area contributed by atoms with Crippen LogP contribution in [0.1, 0.15) is 0 Å². The highest BCUT2D eigenvalue weighted by Crippen LogP contribution is 2.45. The van der Waals surface area contributed by atoms with Crippen LogP contribution in [0, 0.1) is 0 Å². The molecule has 0 unspecified atom stereocenters. The zero-order chi connectivity index (χ0) is 35.8. The van der Waals surface area contributed by atoms with E-state index in [4.69, 9.17) is 0 Å². The van der Waals surface area contributed by atoms with E-state index >= 15 is 0 Å². The van der Waals surface area contributed by atoms with Crippen molar-refractivity contribution in [2.45, 2.75) is 0 Å². The van der Waals surface area contributed by atoms with E-state index < -0.39 is 0 Å². The number of fused-ring (bicyclic) bond motifs is 4. The van der Waals surface area contributed by atoms with Gasteiger partial charge in [0.1, 0.15) is 0 Å². The molecule has 0 aliphatic heterocycles. The molecule has 54 heavy (non-hydrogen) atoms. The zero-order valence-electron chi connectivity index (χ0n) is 29.6. The lowest BCUT2D eigenvalue weighted by Gasteiger charge is -2.29. The molecule has 254 valence electrons. The summed E-state index contributed by atoms with van der Waals surface area (Å²) in [5.41, 5.74) is 13.0. The number of benzene rings is 9. The second kappa shape index (κ2) is 13.7. The van der Waals surface area contributed by atoms with Gasteiger partial charge in [-0.2, -0.15) is 0 Å². The predicted molar refractivity (Wildman–Crippen MR) is 233 cm³/mol. The van der Waals surface area contributed by atoms with E-state index in [0.29, 0.717) is 0 Å². The van der Waals surface area contributed by atoms with Gasteiger partial charge in [0, 0.05) is 36.8 Å². The van der Waals surface area contributed by atoms with E-state index in [0.717, 1.165) is 17.1 Å². The smallest absolute Gasteiger partial charge is 0.0540 e. The fourth-order valence-corrected chi connectivity index (χ4v) is 8.90. The normalized spacial score (nSPS) is 11.3. The second-order valence-electron chi connectivity index (χ2n) is 13.7. The molecule has 9 aromatic carbocycles. The Morgan fingerprint density at radius 1 is 0.296 bits per heavy atom.